The third-order valence-corrected chi connectivity index (χ3v) is 5.35. The molecule has 1 aliphatic rings. The number of carbonyl (C=O) groups is 1. The van der Waals surface area contributed by atoms with Gasteiger partial charge in [0.05, 0.1) is 6.54 Å². The van der Waals surface area contributed by atoms with Crippen LogP contribution in [0.15, 0.2) is 28.7 Å². The Hall–Kier alpha value is -3.01. The highest BCUT2D eigenvalue weighted by atomic mass is 16.4. The smallest absolute Gasteiger partial charge is 0.298 e. The first-order valence-electron chi connectivity index (χ1n) is 9.85. The van der Waals surface area contributed by atoms with E-state index in [1.54, 1.807) is 4.68 Å². The van der Waals surface area contributed by atoms with Crippen LogP contribution in [-0.2, 0) is 17.9 Å². The Bertz CT molecular complexity index is 940. The van der Waals surface area contributed by atoms with Crippen LogP contribution in [0.25, 0.3) is 11.1 Å². The second-order valence-corrected chi connectivity index (χ2v) is 7.59. The summed E-state index contributed by atoms with van der Waals surface area (Å²) in [5.74, 6) is 0.711. The molecule has 0 bridgehead atoms. The Kier molecular flexibility index (Phi) is 5.43. The number of hydrogen-bond acceptors (Lipinski definition) is 8. The number of oxazole rings is 1. The maximum absolute atomic E-state index is 12.8. The minimum atomic E-state index is 0.0166. The van der Waals surface area contributed by atoms with E-state index in [9.17, 15) is 4.79 Å². The molecular weight excluding hydrogens is 372 g/mol. The van der Waals surface area contributed by atoms with Crippen LogP contribution < -0.4 is 4.90 Å². The second kappa shape index (κ2) is 8.16. The van der Waals surface area contributed by atoms with E-state index in [4.69, 9.17) is 4.42 Å². The van der Waals surface area contributed by atoms with Crippen molar-refractivity contribution in [2.24, 2.45) is 0 Å². The lowest BCUT2D eigenvalue weighted by Crippen LogP contribution is -2.49. The number of piperazine rings is 1. The minimum Gasteiger partial charge on any atom is -0.423 e. The molecule has 0 saturated carbocycles. The molecule has 0 radical (unpaired) electrons. The van der Waals surface area contributed by atoms with Gasteiger partial charge in [0.2, 0.25) is 5.91 Å². The van der Waals surface area contributed by atoms with Crippen molar-refractivity contribution in [1.29, 1.82) is 0 Å². The molecule has 0 N–H and O–H groups in total. The fourth-order valence-electron chi connectivity index (χ4n) is 3.24. The van der Waals surface area contributed by atoms with E-state index in [0.29, 0.717) is 50.6 Å². The Morgan fingerprint density at radius 3 is 2.69 bits per heavy atom. The van der Waals surface area contributed by atoms with Crippen molar-refractivity contribution >= 4 is 23.0 Å². The highest BCUT2D eigenvalue weighted by Crippen LogP contribution is 2.22. The Balaban J connectivity index is 1.34. The fourth-order valence-corrected chi connectivity index (χ4v) is 3.24. The van der Waals surface area contributed by atoms with Crippen molar-refractivity contribution in [3.05, 3.63) is 30.1 Å². The van der Waals surface area contributed by atoms with Crippen LogP contribution in [-0.4, -0.2) is 80.2 Å². The molecular formula is C19H26N8O2. The molecule has 1 aromatic carbocycles. The second-order valence-electron chi connectivity index (χ2n) is 7.59. The normalized spacial score (nSPS) is 15.1. The zero-order chi connectivity index (χ0) is 20.4. The van der Waals surface area contributed by atoms with E-state index >= 15 is 0 Å². The van der Waals surface area contributed by atoms with Gasteiger partial charge in [0, 0.05) is 32.2 Å². The van der Waals surface area contributed by atoms with Gasteiger partial charge in [0.1, 0.15) is 12.1 Å². The van der Waals surface area contributed by atoms with Gasteiger partial charge in [-0.25, -0.2) is 4.68 Å². The monoisotopic (exact) mass is 398 g/mol. The molecule has 1 amide bonds. The summed E-state index contributed by atoms with van der Waals surface area (Å²) in [4.78, 5) is 23.3. The number of hydrogen-bond donors (Lipinski definition) is 0. The summed E-state index contributed by atoms with van der Waals surface area (Å²) < 4.78 is 7.43. The van der Waals surface area contributed by atoms with E-state index in [0.717, 1.165) is 11.1 Å². The predicted octanol–water partition coefficient (Wildman–Crippen LogP) is 1.00. The van der Waals surface area contributed by atoms with Crippen molar-refractivity contribution in [1.82, 2.24) is 35.0 Å². The average molecular weight is 398 g/mol. The average Bonchev–Trinajstić information content (AvgIpc) is 3.34. The van der Waals surface area contributed by atoms with Crippen LogP contribution in [0.3, 0.4) is 0 Å². The lowest BCUT2D eigenvalue weighted by Gasteiger charge is -2.33. The first-order chi connectivity index (χ1) is 14.0. The van der Waals surface area contributed by atoms with Crippen LogP contribution in [0, 0.1) is 0 Å². The molecule has 3 aromatic rings. The molecule has 0 spiro atoms. The number of rotatable bonds is 6. The number of tetrazole rings is 1. The number of amides is 1. The van der Waals surface area contributed by atoms with Gasteiger partial charge in [-0.15, -0.1) is 5.10 Å². The predicted molar refractivity (Wildman–Crippen MR) is 107 cm³/mol. The standard InChI is InChI=1S/C19H26N8O2/c1-14(2)24(3)12-17-21-22-23-27(17)13-18(28)25-8-10-26(11-9-25)19-20-15-6-4-5-7-16(15)29-19/h4-7,14H,8-13H2,1-3H3. The summed E-state index contributed by atoms with van der Waals surface area (Å²) in [6, 6.07) is 8.69. The number of anilines is 1. The molecule has 154 valence electrons. The van der Waals surface area contributed by atoms with Crippen LogP contribution in [0.5, 0.6) is 0 Å². The van der Waals surface area contributed by atoms with Gasteiger partial charge in [-0.3, -0.25) is 9.69 Å². The summed E-state index contributed by atoms with van der Waals surface area (Å²) >= 11 is 0. The summed E-state index contributed by atoms with van der Waals surface area (Å²) in [6.45, 7) is 7.54. The molecule has 1 aliphatic heterocycles. The number of nitrogens with zero attached hydrogens (tertiary/aromatic N) is 8. The Morgan fingerprint density at radius 2 is 1.97 bits per heavy atom. The van der Waals surface area contributed by atoms with Crippen molar-refractivity contribution in [3.8, 4) is 0 Å². The van der Waals surface area contributed by atoms with Crippen LogP contribution in [0.2, 0.25) is 0 Å². The van der Waals surface area contributed by atoms with Crippen LogP contribution in [0.4, 0.5) is 6.01 Å². The quantitative estimate of drug-likeness (QED) is 0.607. The van der Waals surface area contributed by atoms with Crippen LogP contribution in [0.1, 0.15) is 19.7 Å². The number of aromatic nitrogens is 5. The third-order valence-electron chi connectivity index (χ3n) is 5.35. The summed E-state index contributed by atoms with van der Waals surface area (Å²) in [5.41, 5.74) is 1.62. The molecule has 4 rings (SSSR count). The topological polar surface area (TPSA) is 96.4 Å². The molecule has 29 heavy (non-hydrogen) atoms. The van der Waals surface area contributed by atoms with Gasteiger partial charge < -0.3 is 14.2 Å². The van der Waals surface area contributed by atoms with E-state index in [1.165, 1.54) is 0 Å². The van der Waals surface area contributed by atoms with Crippen molar-refractivity contribution in [2.75, 3.05) is 38.1 Å². The summed E-state index contributed by atoms with van der Waals surface area (Å²) in [7, 11) is 2.01. The van der Waals surface area contributed by atoms with Gasteiger partial charge in [-0.2, -0.15) is 4.98 Å². The number of benzene rings is 1. The maximum atomic E-state index is 12.8. The number of fused-ring (bicyclic) bond motifs is 1. The first-order valence-corrected chi connectivity index (χ1v) is 9.85. The lowest BCUT2D eigenvalue weighted by molar-refractivity contribution is -0.132. The zero-order valence-corrected chi connectivity index (χ0v) is 17.0. The van der Waals surface area contributed by atoms with E-state index in [1.807, 2.05) is 36.2 Å². The first kappa shape index (κ1) is 19.3. The fraction of sp³-hybridized carbons (Fsp3) is 0.526. The molecule has 10 heteroatoms. The highest BCUT2D eigenvalue weighted by Gasteiger charge is 2.25. The van der Waals surface area contributed by atoms with Crippen molar-refractivity contribution in [2.45, 2.75) is 33.0 Å². The van der Waals surface area contributed by atoms with E-state index in [-0.39, 0.29) is 12.5 Å². The molecule has 3 heterocycles. The Labute approximate surface area is 169 Å². The third kappa shape index (κ3) is 4.21. The largest absolute Gasteiger partial charge is 0.423 e. The van der Waals surface area contributed by atoms with Gasteiger partial charge >= 0.3 is 0 Å². The van der Waals surface area contributed by atoms with Crippen molar-refractivity contribution < 1.29 is 9.21 Å². The summed E-state index contributed by atoms with van der Waals surface area (Å²) in [6.07, 6.45) is 0. The van der Waals surface area contributed by atoms with Gasteiger partial charge in [-0.05, 0) is 43.5 Å². The van der Waals surface area contributed by atoms with Crippen LogP contribution >= 0.6 is 0 Å². The SMILES string of the molecule is CC(C)N(C)Cc1nnnn1CC(=O)N1CCN(c2nc3ccccc3o2)CC1. The van der Waals surface area contributed by atoms with Crippen molar-refractivity contribution in [3.63, 3.8) is 0 Å². The lowest BCUT2D eigenvalue weighted by atomic mass is 10.3. The van der Waals surface area contributed by atoms with E-state index < -0.39 is 0 Å². The molecule has 0 atom stereocenters. The maximum Gasteiger partial charge on any atom is 0.298 e. The molecule has 1 fully saturated rings. The Morgan fingerprint density at radius 1 is 1.21 bits per heavy atom. The molecule has 0 aliphatic carbocycles. The van der Waals surface area contributed by atoms with Gasteiger partial charge in [0.25, 0.3) is 6.01 Å². The van der Waals surface area contributed by atoms with E-state index in [2.05, 4.69) is 44.2 Å². The molecule has 2 aromatic heterocycles. The minimum absolute atomic E-state index is 0.0166. The number of para-hydroxylation sites is 2. The van der Waals surface area contributed by atoms with Gasteiger partial charge in [-0.1, -0.05) is 12.1 Å². The highest BCUT2D eigenvalue weighted by molar-refractivity contribution is 5.76. The molecule has 10 nitrogen and oxygen atoms in total. The zero-order valence-electron chi connectivity index (χ0n) is 17.0. The summed E-state index contributed by atoms with van der Waals surface area (Å²) in [5, 5.41) is 11.8. The molecule has 0 unspecified atom stereocenters. The number of carbonyl (C=O) groups excluding carboxylic acids is 1. The van der Waals surface area contributed by atoms with Gasteiger partial charge in [0.15, 0.2) is 11.4 Å². The molecule has 1 saturated heterocycles.